The van der Waals surface area contributed by atoms with Crippen molar-refractivity contribution < 1.29 is 5.11 Å². The summed E-state index contributed by atoms with van der Waals surface area (Å²) in [7, 11) is 2.02. The van der Waals surface area contributed by atoms with Crippen LogP contribution in [-0.2, 0) is 0 Å². The Kier molecular flexibility index (Phi) is 4.14. The molecule has 1 heterocycles. The molecule has 0 bridgehead atoms. The number of anilines is 1. The predicted octanol–water partition coefficient (Wildman–Crippen LogP) is 2.76. The van der Waals surface area contributed by atoms with Crippen molar-refractivity contribution in [2.75, 3.05) is 25.0 Å². The predicted molar refractivity (Wildman–Crippen MR) is 84.4 cm³/mol. The number of pyridine rings is 1. The fourth-order valence-electron chi connectivity index (χ4n) is 2.15. The second-order valence-corrected chi connectivity index (χ2v) is 6.14. The Morgan fingerprint density at radius 1 is 1.25 bits per heavy atom. The third kappa shape index (κ3) is 3.61. The van der Waals surface area contributed by atoms with E-state index in [2.05, 4.69) is 36.0 Å². The van der Waals surface area contributed by atoms with Gasteiger partial charge in [0, 0.05) is 37.3 Å². The second kappa shape index (κ2) is 5.67. The van der Waals surface area contributed by atoms with Gasteiger partial charge in [-0.05, 0) is 44.4 Å². The molecule has 108 valence electrons. The summed E-state index contributed by atoms with van der Waals surface area (Å²) in [5.74, 6) is 1.17. The van der Waals surface area contributed by atoms with Crippen LogP contribution in [0, 0.1) is 0 Å². The maximum Gasteiger partial charge on any atom is 0.136 e. The van der Waals surface area contributed by atoms with Gasteiger partial charge in [0.25, 0.3) is 0 Å². The van der Waals surface area contributed by atoms with Gasteiger partial charge in [0.05, 0.1) is 0 Å². The van der Waals surface area contributed by atoms with E-state index in [9.17, 15) is 5.11 Å². The molecule has 1 aromatic heterocycles. The summed E-state index contributed by atoms with van der Waals surface area (Å²) >= 11 is 0. The maximum absolute atomic E-state index is 9.66. The van der Waals surface area contributed by atoms with E-state index in [0.717, 1.165) is 29.7 Å². The second-order valence-electron chi connectivity index (χ2n) is 6.14. The number of hydrogen-bond acceptors (Lipinski definition) is 4. The first-order valence-corrected chi connectivity index (χ1v) is 6.91. The van der Waals surface area contributed by atoms with Crippen molar-refractivity contribution in [2.24, 2.45) is 0 Å². The fourth-order valence-corrected chi connectivity index (χ4v) is 2.15. The minimum Gasteiger partial charge on any atom is -0.508 e. The molecule has 0 aliphatic carbocycles. The lowest BCUT2D eigenvalue weighted by Crippen LogP contribution is -2.40. The molecule has 2 rings (SSSR count). The number of nitrogens with zero attached hydrogens (tertiary/aromatic N) is 2. The van der Waals surface area contributed by atoms with E-state index >= 15 is 0 Å². The SMILES string of the molecule is CN(CCNC(C)(C)C)c1nccc2ccc(O)cc12. The molecule has 0 radical (unpaired) electrons. The highest BCUT2D eigenvalue weighted by atomic mass is 16.3. The molecule has 1 aromatic carbocycles. The summed E-state index contributed by atoms with van der Waals surface area (Å²) in [6.45, 7) is 8.21. The van der Waals surface area contributed by atoms with E-state index < -0.39 is 0 Å². The molecule has 0 amide bonds. The molecule has 2 aromatic rings. The van der Waals surface area contributed by atoms with Crippen molar-refractivity contribution in [3.05, 3.63) is 30.5 Å². The highest BCUT2D eigenvalue weighted by Crippen LogP contribution is 2.26. The molecule has 2 N–H and O–H groups in total. The number of aromatic hydroxyl groups is 1. The van der Waals surface area contributed by atoms with Crippen LogP contribution in [0.2, 0.25) is 0 Å². The number of hydrogen-bond donors (Lipinski definition) is 2. The van der Waals surface area contributed by atoms with Gasteiger partial charge < -0.3 is 15.3 Å². The number of aromatic nitrogens is 1. The average molecular weight is 273 g/mol. The lowest BCUT2D eigenvalue weighted by Gasteiger charge is -2.24. The largest absolute Gasteiger partial charge is 0.508 e. The van der Waals surface area contributed by atoms with Crippen molar-refractivity contribution in [1.82, 2.24) is 10.3 Å². The fraction of sp³-hybridized carbons (Fsp3) is 0.438. The third-order valence-corrected chi connectivity index (χ3v) is 3.19. The van der Waals surface area contributed by atoms with E-state index in [-0.39, 0.29) is 11.3 Å². The first-order valence-electron chi connectivity index (χ1n) is 6.91. The average Bonchev–Trinajstić information content (AvgIpc) is 2.36. The van der Waals surface area contributed by atoms with E-state index in [4.69, 9.17) is 0 Å². The Hall–Kier alpha value is -1.81. The van der Waals surface area contributed by atoms with Crippen molar-refractivity contribution >= 4 is 16.6 Å². The monoisotopic (exact) mass is 273 g/mol. The van der Waals surface area contributed by atoms with E-state index in [0.29, 0.717) is 0 Å². The highest BCUT2D eigenvalue weighted by molar-refractivity contribution is 5.93. The number of phenols is 1. The molecule has 4 heteroatoms. The van der Waals surface area contributed by atoms with Gasteiger partial charge in [0.2, 0.25) is 0 Å². The Morgan fingerprint density at radius 3 is 2.70 bits per heavy atom. The van der Waals surface area contributed by atoms with E-state index in [1.807, 2.05) is 25.4 Å². The number of benzene rings is 1. The van der Waals surface area contributed by atoms with Gasteiger partial charge in [-0.2, -0.15) is 0 Å². The van der Waals surface area contributed by atoms with Crippen LogP contribution in [-0.4, -0.2) is 35.8 Å². The molecular weight excluding hydrogens is 250 g/mol. The van der Waals surface area contributed by atoms with Crippen molar-refractivity contribution in [2.45, 2.75) is 26.3 Å². The molecule has 0 saturated heterocycles. The molecule has 0 atom stereocenters. The Morgan fingerprint density at radius 2 is 2.00 bits per heavy atom. The van der Waals surface area contributed by atoms with Crippen molar-refractivity contribution in [3.63, 3.8) is 0 Å². The van der Waals surface area contributed by atoms with Crippen LogP contribution < -0.4 is 10.2 Å². The lowest BCUT2D eigenvalue weighted by atomic mass is 10.1. The van der Waals surface area contributed by atoms with Crippen molar-refractivity contribution in [3.8, 4) is 5.75 Å². The van der Waals surface area contributed by atoms with Crippen molar-refractivity contribution in [1.29, 1.82) is 0 Å². The van der Waals surface area contributed by atoms with Gasteiger partial charge in [0.15, 0.2) is 0 Å². The molecule has 0 fully saturated rings. The number of rotatable bonds is 4. The smallest absolute Gasteiger partial charge is 0.136 e. The van der Waals surface area contributed by atoms with Gasteiger partial charge in [-0.25, -0.2) is 4.98 Å². The molecule has 0 aliphatic heterocycles. The van der Waals surface area contributed by atoms with Gasteiger partial charge in [-0.1, -0.05) is 6.07 Å². The summed E-state index contributed by atoms with van der Waals surface area (Å²) in [4.78, 5) is 6.56. The third-order valence-electron chi connectivity index (χ3n) is 3.19. The first kappa shape index (κ1) is 14.6. The van der Waals surface area contributed by atoms with E-state index in [1.54, 1.807) is 12.1 Å². The molecule has 0 unspecified atom stereocenters. The Labute approximate surface area is 120 Å². The maximum atomic E-state index is 9.66. The quantitative estimate of drug-likeness (QED) is 0.899. The minimum atomic E-state index is 0.116. The van der Waals surface area contributed by atoms with Crippen LogP contribution in [0.5, 0.6) is 5.75 Å². The molecule has 0 saturated carbocycles. The van der Waals surface area contributed by atoms with Gasteiger partial charge in [-0.15, -0.1) is 0 Å². The zero-order chi connectivity index (χ0) is 14.8. The normalized spacial score (nSPS) is 11.8. The molecule has 0 spiro atoms. The van der Waals surface area contributed by atoms with Crippen LogP contribution in [0.15, 0.2) is 30.5 Å². The zero-order valence-corrected chi connectivity index (χ0v) is 12.6. The Balaban J connectivity index is 2.17. The van der Waals surface area contributed by atoms with Crippen LogP contribution in [0.3, 0.4) is 0 Å². The number of fused-ring (bicyclic) bond motifs is 1. The molecular formula is C16H23N3O. The number of nitrogens with one attached hydrogen (secondary N) is 1. The van der Waals surface area contributed by atoms with Crippen LogP contribution in [0.4, 0.5) is 5.82 Å². The zero-order valence-electron chi connectivity index (χ0n) is 12.6. The highest BCUT2D eigenvalue weighted by Gasteiger charge is 2.11. The summed E-state index contributed by atoms with van der Waals surface area (Å²) < 4.78 is 0. The standard InChI is InChI=1S/C16H23N3O/c1-16(2,3)18-9-10-19(4)15-14-11-13(20)6-5-12(14)7-8-17-15/h5-8,11,18,20H,9-10H2,1-4H3. The lowest BCUT2D eigenvalue weighted by molar-refractivity contribution is 0.430. The van der Waals surface area contributed by atoms with Crippen LogP contribution in [0.25, 0.3) is 10.8 Å². The molecule has 20 heavy (non-hydrogen) atoms. The first-order chi connectivity index (χ1) is 9.37. The van der Waals surface area contributed by atoms with Crippen LogP contribution in [0.1, 0.15) is 20.8 Å². The topological polar surface area (TPSA) is 48.4 Å². The van der Waals surface area contributed by atoms with E-state index in [1.165, 1.54) is 0 Å². The number of phenolic OH excluding ortho intramolecular Hbond substituents is 1. The van der Waals surface area contributed by atoms with Gasteiger partial charge in [0.1, 0.15) is 11.6 Å². The summed E-state index contributed by atoms with van der Waals surface area (Å²) in [6, 6.07) is 7.34. The summed E-state index contributed by atoms with van der Waals surface area (Å²) in [5, 5.41) is 15.2. The van der Waals surface area contributed by atoms with Crippen LogP contribution >= 0.6 is 0 Å². The molecule has 0 aliphatic rings. The minimum absolute atomic E-state index is 0.116. The Bertz CT molecular complexity index is 590. The summed E-state index contributed by atoms with van der Waals surface area (Å²) in [6.07, 6.45) is 1.81. The van der Waals surface area contributed by atoms with Gasteiger partial charge >= 0.3 is 0 Å². The number of likely N-dealkylation sites (N-methyl/N-ethyl adjacent to an activating group) is 1. The molecule has 4 nitrogen and oxygen atoms in total. The summed E-state index contributed by atoms with van der Waals surface area (Å²) in [5.41, 5.74) is 0.116. The van der Waals surface area contributed by atoms with Gasteiger partial charge in [-0.3, -0.25) is 0 Å².